The Morgan fingerprint density at radius 3 is 2.48 bits per heavy atom. The van der Waals surface area contributed by atoms with E-state index in [1.54, 1.807) is 24.3 Å². The van der Waals surface area contributed by atoms with Crippen molar-refractivity contribution >= 4 is 22.9 Å². The number of hydrogen-bond donors (Lipinski definition) is 1. The number of halogens is 4. The molecule has 0 radical (unpaired) electrons. The van der Waals surface area contributed by atoms with E-state index in [4.69, 9.17) is 11.6 Å². The van der Waals surface area contributed by atoms with E-state index in [-0.39, 0.29) is 11.4 Å². The van der Waals surface area contributed by atoms with Gasteiger partial charge in [0.2, 0.25) is 0 Å². The van der Waals surface area contributed by atoms with Gasteiger partial charge in [-0.05, 0) is 25.1 Å². The van der Waals surface area contributed by atoms with Crippen molar-refractivity contribution in [1.82, 2.24) is 10.3 Å². The van der Waals surface area contributed by atoms with Gasteiger partial charge in [0.25, 0.3) is 0 Å². The largest absolute Gasteiger partial charge is 0.434 e. The van der Waals surface area contributed by atoms with Crippen LogP contribution in [-0.4, -0.2) is 11.5 Å². The number of rotatable bonds is 5. The Morgan fingerprint density at radius 1 is 1.24 bits per heavy atom. The summed E-state index contributed by atoms with van der Waals surface area (Å²) >= 11 is 6.84. The summed E-state index contributed by atoms with van der Waals surface area (Å²) in [5.74, 6) is 0. The molecule has 2 aromatic rings. The molecule has 0 fully saturated rings. The summed E-state index contributed by atoms with van der Waals surface area (Å²) in [5.41, 5.74) is -0.169. The molecule has 1 aromatic carbocycles. The quantitative estimate of drug-likeness (QED) is 0.780. The van der Waals surface area contributed by atoms with E-state index >= 15 is 0 Å². The molecule has 0 unspecified atom stereocenters. The van der Waals surface area contributed by atoms with Crippen molar-refractivity contribution in [3.63, 3.8) is 0 Å². The molecule has 1 heterocycles. The molecular formula is C14H14ClF3N2S. The van der Waals surface area contributed by atoms with Crippen molar-refractivity contribution in [3.05, 3.63) is 39.9 Å². The van der Waals surface area contributed by atoms with E-state index in [1.165, 1.54) is 0 Å². The van der Waals surface area contributed by atoms with Gasteiger partial charge in [-0.25, -0.2) is 4.98 Å². The molecule has 0 saturated heterocycles. The highest BCUT2D eigenvalue weighted by atomic mass is 35.5. The molecule has 0 amide bonds. The van der Waals surface area contributed by atoms with Crippen molar-refractivity contribution in [2.45, 2.75) is 26.1 Å². The lowest BCUT2D eigenvalue weighted by Gasteiger charge is -2.06. The molecule has 0 aliphatic heterocycles. The Morgan fingerprint density at radius 2 is 1.90 bits per heavy atom. The van der Waals surface area contributed by atoms with Crippen molar-refractivity contribution in [1.29, 1.82) is 0 Å². The SMILES string of the molecule is CCCNCc1sc(-c2ccc(Cl)cc2)nc1C(F)(F)F. The summed E-state index contributed by atoms with van der Waals surface area (Å²) in [6.07, 6.45) is -3.57. The second-order valence-electron chi connectivity index (χ2n) is 4.47. The van der Waals surface area contributed by atoms with E-state index in [0.29, 0.717) is 22.1 Å². The number of nitrogens with zero attached hydrogens (tertiary/aromatic N) is 1. The van der Waals surface area contributed by atoms with Crippen LogP contribution in [0.15, 0.2) is 24.3 Å². The summed E-state index contributed by atoms with van der Waals surface area (Å²) in [6, 6.07) is 6.62. The second-order valence-corrected chi connectivity index (χ2v) is 5.99. The molecule has 114 valence electrons. The first-order chi connectivity index (χ1) is 9.91. The number of alkyl halides is 3. The van der Waals surface area contributed by atoms with Gasteiger partial charge in [0.15, 0.2) is 5.69 Å². The molecule has 0 aliphatic carbocycles. The van der Waals surface area contributed by atoms with Crippen LogP contribution in [0, 0.1) is 0 Å². The van der Waals surface area contributed by atoms with Crippen LogP contribution in [0.4, 0.5) is 13.2 Å². The average Bonchev–Trinajstić information content (AvgIpc) is 2.84. The Bertz CT molecular complexity index is 593. The maximum absolute atomic E-state index is 13.0. The molecule has 2 rings (SSSR count). The standard InChI is InChI=1S/C14H14ClF3N2S/c1-2-7-19-8-11-12(14(16,17)18)20-13(21-11)9-3-5-10(15)6-4-9/h3-6,19H,2,7-8H2,1H3. The fourth-order valence-electron chi connectivity index (χ4n) is 1.79. The van der Waals surface area contributed by atoms with E-state index in [1.807, 2.05) is 6.92 Å². The Balaban J connectivity index is 2.33. The third-order valence-corrected chi connectivity index (χ3v) is 4.13. The van der Waals surface area contributed by atoms with Gasteiger partial charge >= 0.3 is 6.18 Å². The third kappa shape index (κ3) is 4.18. The van der Waals surface area contributed by atoms with Crippen LogP contribution < -0.4 is 5.32 Å². The van der Waals surface area contributed by atoms with Gasteiger partial charge in [-0.3, -0.25) is 0 Å². The van der Waals surface area contributed by atoms with Crippen LogP contribution in [0.1, 0.15) is 23.9 Å². The van der Waals surface area contributed by atoms with Gasteiger partial charge in [0.05, 0.1) is 4.88 Å². The van der Waals surface area contributed by atoms with Crippen LogP contribution >= 0.6 is 22.9 Å². The topological polar surface area (TPSA) is 24.9 Å². The first-order valence-corrected chi connectivity index (χ1v) is 7.64. The van der Waals surface area contributed by atoms with Crippen LogP contribution in [0.5, 0.6) is 0 Å². The zero-order valence-corrected chi connectivity index (χ0v) is 12.9. The van der Waals surface area contributed by atoms with Crippen LogP contribution in [0.2, 0.25) is 5.02 Å². The average molecular weight is 335 g/mol. The Hall–Kier alpha value is -1.11. The molecular weight excluding hydrogens is 321 g/mol. The minimum absolute atomic E-state index is 0.175. The highest BCUT2D eigenvalue weighted by Gasteiger charge is 2.37. The number of benzene rings is 1. The van der Waals surface area contributed by atoms with Gasteiger partial charge in [0, 0.05) is 17.1 Å². The predicted octanol–water partition coefficient (Wildman–Crippen LogP) is 4.98. The molecule has 1 N–H and O–H groups in total. The first kappa shape index (κ1) is 16.3. The maximum Gasteiger partial charge on any atom is 0.434 e. The van der Waals surface area contributed by atoms with Gasteiger partial charge in [-0.15, -0.1) is 11.3 Å². The number of aromatic nitrogens is 1. The van der Waals surface area contributed by atoms with Gasteiger partial charge in [0.1, 0.15) is 5.01 Å². The van der Waals surface area contributed by atoms with Crippen molar-refractivity contribution in [2.75, 3.05) is 6.54 Å². The lowest BCUT2D eigenvalue weighted by molar-refractivity contribution is -0.141. The zero-order chi connectivity index (χ0) is 15.5. The third-order valence-electron chi connectivity index (χ3n) is 2.77. The molecule has 0 spiro atoms. The number of nitrogens with one attached hydrogen (secondary N) is 1. The van der Waals surface area contributed by atoms with Crippen LogP contribution in [-0.2, 0) is 12.7 Å². The molecule has 21 heavy (non-hydrogen) atoms. The highest BCUT2D eigenvalue weighted by Crippen LogP contribution is 2.37. The summed E-state index contributed by atoms with van der Waals surface area (Å²) < 4.78 is 39.1. The second kappa shape index (κ2) is 6.77. The monoisotopic (exact) mass is 334 g/mol. The van der Waals surface area contributed by atoms with E-state index in [2.05, 4.69) is 10.3 Å². The van der Waals surface area contributed by atoms with E-state index < -0.39 is 11.9 Å². The summed E-state index contributed by atoms with van der Waals surface area (Å²) in [5, 5.41) is 3.88. The highest BCUT2D eigenvalue weighted by molar-refractivity contribution is 7.15. The smallest absolute Gasteiger partial charge is 0.312 e. The fraction of sp³-hybridized carbons (Fsp3) is 0.357. The molecule has 1 aromatic heterocycles. The summed E-state index contributed by atoms with van der Waals surface area (Å²) in [4.78, 5) is 3.98. The molecule has 0 saturated carbocycles. The lowest BCUT2D eigenvalue weighted by atomic mass is 10.2. The van der Waals surface area contributed by atoms with Crippen LogP contribution in [0.25, 0.3) is 10.6 Å². The predicted molar refractivity (Wildman–Crippen MR) is 79.6 cm³/mol. The molecule has 2 nitrogen and oxygen atoms in total. The lowest BCUT2D eigenvalue weighted by Crippen LogP contribution is -2.17. The van der Waals surface area contributed by atoms with Gasteiger partial charge in [-0.2, -0.15) is 13.2 Å². The molecule has 7 heteroatoms. The molecule has 0 aliphatic rings. The summed E-state index contributed by atoms with van der Waals surface area (Å²) in [7, 11) is 0. The van der Waals surface area contributed by atoms with Crippen molar-refractivity contribution < 1.29 is 13.2 Å². The van der Waals surface area contributed by atoms with Gasteiger partial charge in [-0.1, -0.05) is 30.7 Å². The normalized spacial score (nSPS) is 11.9. The van der Waals surface area contributed by atoms with Crippen LogP contribution in [0.3, 0.4) is 0 Å². The maximum atomic E-state index is 13.0. The minimum atomic E-state index is -4.44. The van der Waals surface area contributed by atoms with Crippen molar-refractivity contribution in [3.8, 4) is 10.6 Å². The number of thiazole rings is 1. The Kier molecular flexibility index (Phi) is 5.24. The minimum Gasteiger partial charge on any atom is -0.312 e. The summed E-state index contributed by atoms with van der Waals surface area (Å²) in [6.45, 7) is 2.81. The van der Waals surface area contributed by atoms with Gasteiger partial charge < -0.3 is 5.32 Å². The number of hydrogen-bond acceptors (Lipinski definition) is 3. The fourth-order valence-corrected chi connectivity index (χ4v) is 2.97. The van der Waals surface area contributed by atoms with E-state index in [9.17, 15) is 13.2 Å². The van der Waals surface area contributed by atoms with Crippen molar-refractivity contribution in [2.24, 2.45) is 0 Å². The zero-order valence-electron chi connectivity index (χ0n) is 11.3. The molecule has 0 atom stereocenters. The van der Waals surface area contributed by atoms with E-state index in [0.717, 1.165) is 17.8 Å². The first-order valence-electron chi connectivity index (χ1n) is 6.45. The Labute approximate surface area is 130 Å². The molecule has 0 bridgehead atoms.